The molecular weight excluding hydrogens is 448 g/mol. The minimum absolute atomic E-state index is 0.219. The Morgan fingerprint density at radius 3 is 2.36 bits per heavy atom. The molecule has 0 aromatic heterocycles. The van der Waals surface area contributed by atoms with Crippen molar-refractivity contribution in [1.82, 2.24) is 4.90 Å². The number of anilines is 1. The van der Waals surface area contributed by atoms with Crippen LogP contribution in [0.5, 0.6) is 5.75 Å². The lowest BCUT2D eigenvalue weighted by Gasteiger charge is -2.36. The number of carbonyl (C=O) groups is 1. The average molecular weight is 479 g/mol. The van der Waals surface area contributed by atoms with E-state index in [1.165, 1.54) is 16.3 Å². The van der Waals surface area contributed by atoms with Crippen LogP contribution in [0.25, 0.3) is 21.9 Å². The number of fused-ring (bicyclic) bond motifs is 1. The monoisotopic (exact) mass is 478 g/mol. The molecule has 182 valence electrons. The summed E-state index contributed by atoms with van der Waals surface area (Å²) in [5, 5.41) is 12.4. The summed E-state index contributed by atoms with van der Waals surface area (Å²) in [7, 11) is 0. The van der Waals surface area contributed by atoms with Gasteiger partial charge in [-0.3, -0.25) is 4.90 Å². The molecule has 5 nitrogen and oxygen atoms in total. The Balaban J connectivity index is 1.26. The van der Waals surface area contributed by atoms with Crippen LogP contribution in [0.15, 0.2) is 97.6 Å². The Morgan fingerprint density at radius 2 is 1.64 bits per heavy atom. The van der Waals surface area contributed by atoms with Crippen LogP contribution in [-0.4, -0.2) is 48.8 Å². The Hall–Kier alpha value is -4.09. The fraction of sp³-hybridized carbons (Fsp3) is 0.194. The number of piperazine rings is 1. The lowest BCUT2D eigenvalue weighted by molar-refractivity contribution is 0.0549. The van der Waals surface area contributed by atoms with E-state index in [0.29, 0.717) is 5.56 Å². The summed E-state index contributed by atoms with van der Waals surface area (Å²) >= 11 is 0. The lowest BCUT2D eigenvalue weighted by atomic mass is 9.94. The van der Waals surface area contributed by atoms with E-state index >= 15 is 0 Å². The number of aromatic hydroxyl groups is 1. The van der Waals surface area contributed by atoms with Crippen molar-refractivity contribution in [1.29, 1.82) is 0 Å². The summed E-state index contributed by atoms with van der Waals surface area (Å²) in [5.41, 5.74) is 5.14. The topological polar surface area (TPSA) is 53.0 Å². The lowest BCUT2D eigenvalue weighted by Crippen LogP contribution is -2.46. The molecule has 1 saturated heterocycles. The minimum Gasteiger partial charge on any atom is -0.508 e. The molecule has 4 aromatic carbocycles. The van der Waals surface area contributed by atoms with Crippen LogP contribution in [0.4, 0.5) is 5.69 Å². The maximum Gasteiger partial charge on any atom is 0.338 e. The van der Waals surface area contributed by atoms with Crippen molar-refractivity contribution < 1.29 is 14.6 Å². The highest BCUT2D eigenvalue weighted by atomic mass is 16.5. The van der Waals surface area contributed by atoms with Gasteiger partial charge in [0, 0.05) is 38.4 Å². The molecular formula is C31H30N2O3. The van der Waals surface area contributed by atoms with Crippen molar-refractivity contribution in [2.24, 2.45) is 0 Å². The van der Waals surface area contributed by atoms with Crippen molar-refractivity contribution in [3.05, 3.63) is 109 Å². The smallest absolute Gasteiger partial charge is 0.338 e. The number of ether oxygens (including phenoxy) is 1. The van der Waals surface area contributed by atoms with Crippen LogP contribution in [-0.2, 0) is 11.3 Å². The number of esters is 1. The first-order chi connectivity index (χ1) is 17.6. The summed E-state index contributed by atoms with van der Waals surface area (Å²) in [6.07, 6.45) is 1.57. The maximum absolute atomic E-state index is 12.0. The van der Waals surface area contributed by atoms with E-state index in [4.69, 9.17) is 4.74 Å². The molecule has 36 heavy (non-hydrogen) atoms. The molecule has 5 heteroatoms. The highest BCUT2D eigenvalue weighted by Crippen LogP contribution is 2.33. The second-order valence-corrected chi connectivity index (χ2v) is 9.07. The van der Waals surface area contributed by atoms with Crippen molar-refractivity contribution in [2.45, 2.75) is 6.54 Å². The van der Waals surface area contributed by atoms with E-state index in [0.717, 1.165) is 49.5 Å². The van der Waals surface area contributed by atoms with Crippen LogP contribution in [0.3, 0.4) is 0 Å². The highest BCUT2D eigenvalue weighted by molar-refractivity contribution is 5.98. The van der Waals surface area contributed by atoms with E-state index in [1.807, 2.05) is 42.5 Å². The first-order valence-electron chi connectivity index (χ1n) is 12.3. The van der Waals surface area contributed by atoms with Crippen molar-refractivity contribution in [2.75, 3.05) is 37.7 Å². The number of hydrogen-bond donors (Lipinski definition) is 1. The van der Waals surface area contributed by atoms with Gasteiger partial charge in [0.1, 0.15) is 12.4 Å². The maximum atomic E-state index is 12.0. The number of benzene rings is 4. The van der Waals surface area contributed by atoms with Crippen LogP contribution >= 0.6 is 0 Å². The van der Waals surface area contributed by atoms with Gasteiger partial charge in [-0.2, -0.15) is 0 Å². The molecule has 1 heterocycles. The van der Waals surface area contributed by atoms with E-state index in [2.05, 4.69) is 52.8 Å². The Bertz CT molecular complexity index is 1370. The summed E-state index contributed by atoms with van der Waals surface area (Å²) in [6, 6.07) is 28.0. The third-order valence-corrected chi connectivity index (χ3v) is 6.74. The predicted octanol–water partition coefficient (Wildman–Crippen LogP) is 5.88. The third kappa shape index (κ3) is 5.11. The summed E-state index contributed by atoms with van der Waals surface area (Å²) in [4.78, 5) is 16.9. The quantitative estimate of drug-likeness (QED) is 0.266. The SMILES string of the molecule is C=CCOC(=O)c1ccc(N2CCN(Cc3ccc(-c4cccc(O)c4)c4ccccc34)CC2)cc1. The number of nitrogens with zero attached hydrogens (tertiary/aromatic N) is 2. The van der Waals surface area contributed by atoms with E-state index < -0.39 is 0 Å². The number of carbonyl (C=O) groups excluding carboxylic acids is 1. The van der Waals surface area contributed by atoms with Gasteiger partial charge in [0.2, 0.25) is 0 Å². The molecule has 1 N–H and O–H groups in total. The fourth-order valence-corrected chi connectivity index (χ4v) is 4.86. The number of phenols is 1. The van der Waals surface area contributed by atoms with Gasteiger partial charge in [-0.25, -0.2) is 4.79 Å². The van der Waals surface area contributed by atoms with E-state index in [1.54, 1.807) is 12.1 Å². The van der Waals surface area contributed by atoms with Crippen LogP contribution in [0.1, 0.15) is 15.9 Å². The molecule has 5 rings (SSSR count). The molecule has 0 aliphatic carbocycles. The molecule has 1 aliphatic rings. The Labute approximate surface area is 211 Å². The Morgan fingerprint density at radius 1 is 0.889 bits per heavy atom. The van der Waals surface area contributed by atoms with Crippen molar-refractivity contribution in [3.63, 3.8) is 0 Å². The zero-order valence-electron chi connectivity index (χ0n) is 20.3. The van der Waals surface area contributed by atoms with Crippen LogP contribution in [0, 0.1) is 0 Å². The molecule has 0 atom stereocenters. The molecule has 0 amide bonds. The largest absolute Gasteiger partial charge is 0.508 e. The van der Waals surface area contributed by atoms with Gasteiger partial charge in [0.15, 0.2) is 0 Å². The first kappa shape index (κ1) is 23.6. The minimum atomic E-state index is -0.325. The van der Waals surface area contributed by atoms with E-state index in [9.17, 15) is 9.90 Å². The van der Waals surface area contributed by atoms with Gasteiger partial charge in [-0.1, -0.05) is 61.2 Å². The molecule has 4 aromatic rings. The normalized spacial score (nSPS) is 14.1. The molecule has 0 spiro atoms. The first-order valence-corrected chi connectivity index (χ1v) is 12.3. The van der Waals surface area contributed by atoms with Gasteiger partial charge >= 0.3 is 5.97 Å². The molecule has 0 bridgehead atoms. The van der Waals surface area contributed by atoms with Gasteiger partial charge in [-0.15, -0.1) is 0 Å². The zero-order chi connectivity index (χ0) is 24.9. The number of rotatable bonds is 7. The van der Waals surface area contributed by atoms with Gasteiger partial charge < -0.3 is 14.7 Å². The summed E-state index contributed by atoms with van der Waals surface area (Å²) < 4.78 is 5.11. The summed E-state index contributed by atoms with van der Waals surface area (Å²) in [6.45, 7) is 8.47. The molecule has 1 fully saturated rings. The highest BCUT2D eigenvalue weighted by Gasteiger charge is 2.19. The van der Waals surface area contributed by atoms with Crippen molar-refractivity contribution in [3.8, 4) is 16.9 Å². The fourth-order valence-electron chi connectivity index (χ4n) is 4.86. The van der Waals surface area contributed by atoms with Gasteiger partial charge in [0.25, 0.3) is 0 Å². The van der Waals surface area contributed by atoms with Crippen molar-refractivity contribution >= 4 is 22.4 Å². The average Bonchev–Trinajstić information content (AvgIpc) is 2.92. The van der Waals surface area contributed by atoms with Gasteiger partial charge in [-0.05, 0) is 63.9 Å². The second kappa shape index (κ2) is 10.7. The molecule has 1 aliphatic heterocycles. The number of hydrogen-bond acceptors (Lipinski definition) is 5. The Kier molecular flexibility index (Phi) is 7.01. The van der Waals surface area contributed by atoms with E-state index in [-0.39, 0.29) is 18.3 Å². The van der Waals surface area contributed by atoms with Crippen LogP contribution in [0.2, 0.25) is 0 Å². The predicted molar refractivity (Wildman–Crippen MR) is 145 cm³/mol. The second-order valence-electron chi connectivity index (χ2n) is 9.07. The molecule has 0 radical (unpaired) electrons. The third-order valence-electron chi connectivity index (χ3n) is 6.74. The summed E-state index contributed by atoms with van der Waals surface area (Å²) in [5.74, 6) is -0.0469. The van der Waals surface area contributed by atoms with Gasteiger partial charge in [0.05, 0.1) is 5.56 Å². The standard InChI is InChI=1S/C31H30N2O3/c1-2-20-36-31(35)23-10-13-26(14-11-23)33-18-16-32(17-19-33)22-25-12-15-29(24-6-5-7-27(34)21-24)30-9-4-3-8-28(25)30/h2-15,21,34H,1,16-20,22H2. The van der Waals surface area contributed by atoms with Crippen LogP contribution < -0.4 is 4.90 Å². The zero-order valence-corrected chi connectivity index (χ0v) is 20.3. The molecule has 0 unspecified atom stereocenters. The number of phenolic OH excluding ortho intramolecular Hbond substituents is 1. The molecule has 0 saturated carbocycles.